The molecule has 0 spiro atoms. The van der Waals surface area contributed by atoms with E-state index >= 15 is 0 Å². The van der Waals surface area contributed by atoms with Crippen molar-refractivity contribution in [2.24, 2.45) is 7.05 Å². The monoisotopic (exact) mass is 419 g/mol. The number of para-hydroxylation sites is 2. The van der Waals surface area contributed by atoms with Crippen LogP contribution in [0.15, 0.2) is 83.8 Å². The average molecular weight is 420 g/mol. The number of hydrogen-bond acceptors (Lipinski definition) is 4. The molecule has 6 nitrogen and oxygen atoms in total. The molecule has 1 aromatic heterocycles. The van der Waals surface area contributed by atoms with Gasteiger partial charge in [-0.05, 0) is 36.8 Å². The Bertz CT molecular complexity index is 1310. The topological polar surface area (TPSA) is 81.1 Å². The van der Waals surface area contributed by atoms with Crippen molar-refractivity contribution in [2.45, 2.75) is 17.9 Å². The largest absolute Gasteiger partial charge is 0.329 e. The number of aryl methyl sites for hydroxylation is 1. The van der Waals surface area contributed by atoms with E-state index in [-0.39, 0.29) is 10.7 Å². The van der Waals surface area contributed by atoms with Crippen molar-refractivity contribution in [3.8, 4) is 0 Å². The second-order valence-corrected chi connectivity index (χ2v) is 8.78. The van der Waals surface area contributed by atoms with Gasteiger partial charge in [-0.25, -0.2) is 13.4 Å². The number of hydrogen-bond donors (Lipinski definition) is 1. The number of nitrogens with one attached hydrogen (secondary N) is 1. The van der Waals surface area contributed by atoms with Crippen molar-refractivity contribution in [3.63, 3.8) is 0 Å². The third-order valence-corrected chi connectivity index (χ3v) is 6.50. The normalized spacial score (nSPS) is 12.7. The first-order valence-electron chi connectivity index (χ1n) is 9.46. The lowest BCUT2D eigenvalue weighted by molar-refractivity contribution is 0.101. The van der Waals surface area contributed by atoms with Crippen molar-refractivity contribution in [1.29, 1.82) is 0 Å². The van der Waals surface area contributed by atoms with E-state index in [0.717, 1.165) is 16.6 Å². The van der Waals surface area contributed by atoms with Crippen LogP contribution in [0.4, 0.5) is 0 Å². The molecule has 152 valence electrons. The van der Waals surface area contributed by atoms with Gasteiger partial charge in [0, 0.05) is 12.6 Å². The highest BCUT2D eigenvalue weighted by Gasteiger charge is 2.27. The maximum atomic E-state index is 13.2. The van der Waals surface area contributed by atoms with Crippen molar-refractivity contribution >= 4 is 26.8 Å². The molecular formula is C23H21N3O3S. The summed E-state index contributed by atoms with van der Waals surface area (Å²) in [5.41, 5.74) is 2.95. The van der Waals surface area contributed by atoms with Gasteiger partial charge in [-0.3, -0.25) is 4.79 Å². The molecular weight excluding hydrogens is 398 g/mol. The van der Waals surface area contributed by atoms with Gasteiger partial charge in [-0.2, -0.15) is 4.72 Å². The number of imidazole rings is 1. The lowest BCUT2D eigenvalue weighted by Crippen LogP contribution is -2.31. The Hall–Kier alpha value is -3.29. The molecule has 3 aromatic carbocycles. The van der Waals surface area contributed by atoms with Crippen molar-refractivity contribution in [2.75, 3.05) is 0 Å². The molecule has 0 aliphatic carbocycles. The fraction of sp³-hybridized carbons (Fsp3) is 0.130. The highest BCUT2D eigenvalue weighted by atomic mass is 32.2. The first-order valence-corrected chi connectivity index (χ1v) is 10.9. The van der Waals surface area contributed by atoms with E-state index in [1.807, 2.05) is 66.2 Å². The van der Waals surface area contributed by atoms with Crippen LogP contribution in [-0.2, 0) is 17.1 Å². The van der Waals surface area contributed by atoms with Crippen molar-refractivity contribution < 1.29 is 13.2 Å². The minimum Gasteiger partial charge on any atom is -0.329 e. The molecule has 1 unspecified atom stereocenters. The van der Waals surface area contributed by atoms with E-state index in [2.05, 4.69) is 4.72 Å². The van der Waals surface area contributed by atoms with Crippen LogP contribution in [0.2, 0.25) is 0 Å². The van der Waals surface area contributed by atoms with Crippen LogP contribution in [0, 0.1) is 0 Å². The van der Waals surface area contributed by atoms with E-state index in [0.29, 0.717) is 11.4 Å². The molecule has 0 aliphatic heterocycles. The summed E-state index contributed by atoms with van der Waals surface area (Å²) in [4.78, 5) is 16.3. The summed E-state index contributed by atoms with van der Waals surface area (Å²) in [7, 11) is -2.00. The maximum Gasteiger partial charge on any atom is 0.241 e. The summed E-state index contributed by atoms with van der Waals surface area (Å²) in [5.74, 6) is 0.472. The Balaban J connectivity index is 1.79. The van der Waals surface area contributed by atoms with Gasteiger partial charge in [0.25, 0.3) is 0 Å². The Labute approximate surface area is 175 Å². The molecule has 0 saturated carbocycles. The lowest BCUT2D eigenvalue weighted by atomic mass is 10.1. The number of benzene rings is 3. The van der Waals surface area contributed by atoms with E-state index < -0.39 is 16.1 Å². The summed E-state index contributed by atoms with van der Waals surface area (Å²) in [6, 6.07) is 22.2. The maximum absolute atomic E-state index is 13.2. The Kier molecular flexibility index (Phi) is 5.24. The molecule has 0 aliphatic rings. The fourth-order valence-electron chi connectivity index (χ4n) is 3.43. The summed E-state index contributed by atoms with van der Waals surface area (Å²) < 4.78 is 31.0. The molecule has 0 radical (unpaired) electrons. The van der Waals surface area contributed by atoms with Crippen LogP contribution >= 0.6 is 0 Å². The highest BCUT2D eigenvalue weighted by Crippen LogP contribution is 2.27. The SMILES string of the molecule is CC(=O)c1ccc(S(=O)(=O)NC(c2ccccc2)c2nc3ccccc3n2C)cc1. The van der Waals surface area contributed by atoms with Gasteiger partial charge in [-0.1, -0.05) is 54.6 Å². The fourth-order valence-corrected chi connectivity index (χ4v) is 4.61. The molecule has 1 N–H and O–H groups in total. The van der Waals surface area contributed by atoms with E-state index in [1.165, 1.54) is 31.2 Å². The van der Waals surface area contributed by atoms with Crippen LogP contribution in [-0.4, -0.2) is 23.8 Å². The summed E-state index contributed by atoms with van der Waals surface area (Å²) in [5, 5.41) is 0. The smallest absolute Gasteiger partial charge is 0.241 e. The zero-order valence-electron chi connectivity index (χ0n) is 16.6. The first kappa shape index (κ1) is 20.0. The Morgan fingerprint density at radius 3 is 2.20 bits per heavy atom. The van der Waals surface area contributed by atoms with Gasteiger partial charge in [0.2, 0.25) is 10.0 Å². The number of carbonyl (C=O) groups is 1. The van der Waals surface area contributed by atoms with Crippen LogP contribution < -0.4 is 4.72 Å². The molecule has 1 atom stereocenters. The minimum atomic E-state index is -3.87. The number of aromatic nitrogens is 2. The number of nitrogens with zero attached hydrogens (tertiary/aromatic N) is 2. The Morgan fingerprint density at radius 1 is 0.933 bits per heavy atom. The zero-order chi connectivity index (χ0) is 21.3. The van der Waals surface area contributed by atoms with E-state index in [1.54, 1.807) is 0 Å². The number of Topliss-reactive ketones (excluding diaryl/α,β-unsaturated/α-hetero) is 1. The predicted octanol–water partition coefficient (Wildman–Crippen LogP) is 3.84. The number of fused-ring (bicyclic) bond motifs is 1. The third-order valence-electron chi connectivity index (χ3n) is 5.06. The molecule has 1 heterocycles. The lowest BCUT2D eigenvalue weighted by Gasteiger charge is -2.19. The van der Waals surface area contributed by atoms with E-state index in [9.17, 15) is 13.2 Å². The van der Waals surface area contributed by atoms with Crippen molar-refractivity contribution in [1.82, 2.24) is 14.3 Å². The zero-order valence-corrected chi connectivity index (χ0v) is 17.4. The number of rotatable bonds is 6. The molecule has 7 heteroatoms. The summed E-state index contributed by atoms with van der Waals surface area (Å²) in [6.07, 6.45) is 0. The van der Waals surface area contributed by atoms with Gasteiger partial charge in [0.15, 0.2) is 5.78 Å². The van der Waals surface area contributed by atoms with Crippen LogP contribution in [0.25, 0.3) is 11.0 Å². The molecule has 0 saturated heterocycles. The quantitative estimate of drug-likeness (QED) is 0.482. The van der Waals surface area contributed by atoms with Gasteiger partial charge in [0.1, 0.15) is 11.9 Å². The van der Waals surface area contributed by atoms with Gasteiger partial charge in [0.05, 0.1) is 15.9 Å². The van der Waals surface area contributed by atoms with E-state index in [4.69, 9.17) is 4.98 Å². The standard InChI is InChI=1S/C23H21N3O3S/c1-16(27)17-12-14-19(15-13-17)30(28,29)25-22(18-8-4-3-5-9-18)23-24-20-10-6-7-11-21(20)26(23)2/h3-15,22,25H,1-2H3. The number of sulfonamides is 1. The average Bonchev–Trinajstić information content (AvgIpc) is 3.09. The van der Waals surface area contributed by atoms with Gasteiger partial charge < -0.3 is 4.57 Å². The van der Waals surface area contributed by atoms with Gasteiger partial charge >= 0.3 is 0 Å². The number of carbonyl (C=O) groups excluding carboxylic acids is 1. The van der Waals surface area contributed by atoms with Crippen molar-refractivity contribution in [3.05, 3.63) is 95.8 Å². The van der Waals surface area contributed by atoms with Crippen LogP contribution in [0.1, 0.15) is 34.7 Å². The summed E-state index contributed by atoms with van der Waals surface area (Å²) in [6.45, 7) is 1.44. The third kappa shape index (κ3) is 3.77. The predicted molar refractivity (Wildman–Crippen MR) is 116 cm³/mol. The molecule has 4 aromatic rings. The van der Waals surface area contributed by atoms with Gasteiger partial charge in [-0.15, -0.1) is 0 Å². The second kappa shape index (κ2) is 7.85. The van der Waals surface area contributed by atoms with Crippen LogP contribution in [0.5, 0.6) is 0 Å². The minimum absolute atomic E-state index is 0.0900. The molecule has 30 heavy (non-hydrogen) atoms. The Morgan fingerprint density at radius 2 is 1.57 bits per heavy atom. The molecule has 0 bridgehead atoms. The molecule has 0 fully saturated rings. The molecule has 0 amide bonds. The number of ketones is 1. The van der Waals surface area contributed by atoms with Crippen LogP contribution in [0.3, 0.4) is 0 Å². The second-order valence-electron chi connectivity index (χ2n) is 7.06. The highest BCUT2D eigenvalue weighted by molar-refractivity contribution is 7.89. The summed E-state index contributed by atoms with van der Waals surface area (Å²) >= 11 is 0. The first-order chi connectivity index (χ1) is 14.4. The molecule has 4 rings (SSSR count).